The van der Waals surface area contributed by atoms with Gasteiger partial charge in [-0.05, 0) is 42.5 Å². The number of hydrogen-bond acceptors (Lipinski definition) is 6. The Bertz CT molecular complexity index is 1140. The number of hydrogen-bond donors (Lipinski definition) is 1. The minimum absolute atomic E-state index is 0.0299. The Morgan fingerprint density at radius 1 is 1.03 bits per heavy atom. The summed E-state index contributed by atoms with van der Waals surface area (Å²) in [4.78, 5) is 39.2. The Balaban J connectivity index is 1.37. The fourth-order valence-electron chi connectivity index (χ4n) is 3.48. The second-order valence-electron chi connectivity index (χ2n) is 7.18. The van der Waals surface area contributed by atoms with E-state index >= 15 is 0 Å². The van der Waals surface area contributed by atoms with Gasteiger partial charge in [-0.3, -0.25) is 19.7 Å². The number of carbonyl (C=O) groups excluding carboxylic acids is 2. The summed E-state index contributed by atoms with van der Waals surface area (Å²) in [6, 6.07) is 14.3. The number of rotatable bonds is 5. The maximum Gasteiger partial charge on any atom is 0.289 e. The summed E-state index contributed by atoms with van der Waals surface area (Å²) in [7, 11) is 0. The van der Waals surface area contributed by atoms with Gasteiger partial charge in [0.1, 0.15) is 0 Å². The number of halogens is 1. The number of amides is 2. The summed E-state index contributed by atoms with van der Waals surface area (Å²) in [5, 5.41) is 13.8. The normalized spacial score (nSPS) is 13.7. The Hall–Kier alpha value is -3.85. The third-order valence-electron chi connectivity index (χ3n) is 5.19. The lowest BCUT2D eigenvalue weighted by atomic mass is 10.1. The average molecular weight is 455 g/mol. The number of anilines is 2. The number of benzene rings is 2. The Morgan fingerprint density at radius 2 is 1.75 bits per heavy atom. The molecule has 0 radical (unpaired) electrons. The van der Waals surface area contributed by atoms with Crippen molar-refractivity contribution in [2.45, 2.75) is 0 Å². The van der Waals surface area contributed by atoms with Gasteiger partial charge in [-0.2, -0.15) is 0 Å². The van der Waals surface area contributed by atoms with Crippen LogP contribution in [0, 0.1) is 10.1 Å². The number of nitro groups is 1. The van der Waals surface area contributed by atoms with Crippen LogP contribution in [0.1, 0.15) is 20.9 Å². The van der Waals surface area contributed by atoms with Gasteiger partial charge < -0.3 is 19.5 Å². The minimum Gasteiger partial charge on any atom is -0.459 e. The fraction of sp³-hybridized carbons (Fsp3) is 0.182. The summed E-state index contributed by atoms with van der Waals surface area (Å²) >= 11 is 6.03. The molecule has 32 heavy (non-hydrogen) atoms. The first-order valence-corrected chi connectivity index (χ1v) is 10.2. The quantitative estimate of drug-likeness (QED) is 0.460. The second-order valence-corrected chi connectivity index (χ2v) is 7.59. The Morgan fingerprint density at radius 3 is 2.38 bits per heavy atom. The molecular formula is C22H19ClN4O5. The fourth-order valence-corrected chi connectivity index (χ4v) is 3.68. The van der Waals surface area contributed by atoms with E-state index in [1.165, 1.54) is 18.4 Å². The molecule has 0 saturated carbocycles. The molecule has 1 fully saturated rings. The van der Waals surface area contributed by atoms with Gasteiger partial charge in [-0.15, -0.1) is 0 Å². The van der Waals surface area contributed by atoms with Crippen molar-refractivity contribution in [3.05, 3.63) is 87.3 Å². The lowest BCUT2D eigenvalue weighted by Gasteiger charge is -2.35. The van der Waals surface area contributed by atoms with E-state index in [4.69, 9.17) is 16.0 Å². The van der Waals surface area contributed by atoms with Crippen molar-refractivity contribution in [3.63, 3.8) is 0 Å². The van der Waals surface area contributed by atoms with Gasteiger partial charge in [0.05, 0.1) is 21.8 Å². The van der Waals surface area contributed by atoms with Crippen molar-refractivity contribution in [1.82, 2.24) is 4.90 Å². The van der Waals surface area contributed by atoms with Crippen molar-refractivity contribution in [3.8, 4) is 0 Å². The molecule has 0 unspecified atom stereocenters. The molecule has 0 spiro atoms. The van der Waals surface area contributed by atoms with Crippen LogP contribution in [0.5, 0.6) is 0 Å². The average Bonchev–Trinajstić information content (AvgIpc) is 3.34. The molecule has 1 aliphatic heterocycles. The highest BCUT2D eigenvalue weighted by atomic mass is 35.5. The van der Waals surface area contributed by atoms with Gasteiger partial charge >= 0.3 is 0 Å². The molecule has 0 bridgehead atoms. The molecule has 2 amide bonds. The minimum atomic E-state index is -0.580. The number of piperazine rings is 1. The molecule has 9 nitrogen and oxygen atoms in total. The number of nitrogens with zero attached hydrogens (tertiary/aromatic N) is 3. The summed E-state index contributed by atoms with van der Waals surface area (Å²) in [5.41, 5.74) is 1.32. The summed E-state index contributed by atoms with van der Waals surface area (Å²) in [6.07, 6.45) is 1.48. The van der Waals surface area contributed by atoms with E-state index in [1.54, 1.807) is 29.2 Å². The maximum absolute atomic E-state index is 12.5. The molecule has 0 aliphatic carbocycles. The van der Waals surface area contributed by atoms with Crippen LogP contribution < -0.4 is 10.2 Å². The molecule has 1 aliphatic rings. The van der Waals surface area contributed by atoms with E-state index in [1.807, 2.05) is 12.1 Å². The lowest BCUT2D eigenvalue weighted by molar-refractivity contribution is -0.384. The van der Waals surface area contributed by atoms with E-state index in [0.717, 1.165) is 11.8 Å². The van der Waals surface area contributed by atoms with Crippen molar-refractivity contribution < 1.29 is 18.9 Å². The molecule has 2 aromatic carbocycles. The van der Waals surface area contributed by atoms with Crippen LogP contribution in [0.2, 0.25) is 5.02 Å². The largest absolute Gasteiger partial charge is 0.459 e. The molecule has 1 aromatic heterocycles. The van der Waals surface area contributed by atoms with Gasteiger partial charge in [-0.1, -0.05) is 11.6 Å². The van der Waals surface area contributed by atoms with Crippen molar-refractivity contribution in [2.75, 3.05) is 36.4 Å². The second kappa shape index (κ2) is 9.11. The highest BCUT2D eigenvalue weighted by Crippen LogP contribution is 2.24. The van der Waals surface area contributed by atoms with E-state index < -0.39 is 10.8 Å². The number of furan rings is 1. The van der Waals surface area contributed by atoms with Crippen LogP contribution in [0.3, 0.4) is 0 Å². The zero-order valence-corrected chi connectivity index (χ0v) is 17.6. The predicted octanol–water partition coefficient (Wildman–Crippen LogP) is 4.06. The molecule has 0 atom stereocenters. The third kappa shape index (κ3) is 4.57. The zero-order valence-electron chi connectivity index (χ0n) is 16.9. The van der Waals surface area contributed by atoms with E-state index in [-0.39, 0.29) is 22.2 Å². The molecule has 10 heteroatoms. The monoisotopic (exact) mass is 454 g/mol. The number of carbonyl (C=O) groups is 2. The summed E-state index contributed by atoms with van der Waals surface area (Å²) in [5.74, 6) is -0.314. The first-order valence-electron chi connectivity index (χ1n) is 9.85. The molecule has 4 rings (SSSR count). The summed E-state index contributed by atoms with van der Waals surface area (Å²) in [6.45, 7) is 2.48. The molecule has 2 heterocycles. The Labute approximate surface area is 188 Å². The van der Waals surface area contributed by atoms with Crippen molar-refractivity contribution >= 4 is 40.5 Å². The predicted molar refractivity (Wildman–Crippen MR) is 119 cm³/mol. The first-order chi connectivity index (χ1) is 15.4. The molecular weight excluding hydrogens is 436 g/mol. The van der Waals surface area contributed by atoms with Crippen LogP contribution in [0.15, 0.2) is 65.3 Å². The number of nitro benzene ring substituents is 1. The zero-order chi connectivity index (χ0) is 22.7. The standard InChI is InChI=1S/C22H19ClN4O5/c23-19-8-7-17(27(30)31)14-18(19)21(28)24-15-3-5-16(6-4-15)25-9-11-26(12-10-25)22(29)20-2-1-13-32-20/h1-8,13-14H,9-12H2,(H,24,28). The summed E-state index contributed by atoms with van der Waals surface area (Å²) < 4.78 is 5.18. The topological polar surface area (TPSA) is 109 Å². The third-order valence-corrected chi connectivity index (χ3v) is 5.52. The van der Waals surface area contributed by atoms with Gasteiger partial charge in [0, 0.05) is 49.7 Å². The van der Waals surface area contributed by atoms with Crippen molar-refractivity contribution in [1.29, 1.82) is 0 Å². The van der Waals surface area contributed by atoms with Crippen molar-refractivity contribution in [2.24, 2.45) is 0 Å². The number of non-ortho nitro benzene ring substituents is 1. The van der Waals surface area contributed by atoms with Crippen LogP contribution in [0.4, 0.5) is 17.1 Å². The highest BCUT2D eigenvalue weighted by molar-refractivity contribution is 6.34. The van der Waals surface area contributed by atoms with E-state index in [2.05, 4.69) is 10.2 Å². The molecule has 1 N–H and O–H groups in total. The van der Waals surface area contributed by atoms with E-state index in [0.29, 0.717) is 37.6 Å². The van der Waals surface area contributed by atoms with Gasteiger partial charge in [0.2, 0.25) is 0 Å². The first kappa shape index (κ1) is 21.4. The molecule has 1 saturated heterocycles. The van der Waals surface area contributed by atoms with Gasteiger partial charge in [0.25, 0.3) is 17.5 Å². The van der Waals surface area contributed by atoms with Crippen LogP contribution in [-0.2, 0) is 0 Å². The van der Waals surface area contributed by atoms with Gasteiger partial charge in [-0.25, -0.2) is 0 Å². The van der Waals surface area contributed by atoms with Crippen LogP contribution in [-0.4, -0.2) is 47.8 Å². The number of nitrogens with one attached hydrogen (secondary N) is 1. The maximum atomic E-state index is 12.5. The Kier molecular flexibility index (Phi) is 6.09. The molecule has 3 aromatic rings. The van der Waals surface area contributed by atoms with Gasteiger partial charge in [0.15, 0.2) is 5.76 Å². The van der Waals surface area contributed by atoms with Crippen LogP contribution >= 0.6 is 11.6 Å². The van der Waals surface area contributed by atoms with Crippen LogP contribution in [0.25, 0.3) is 0 Å². The lowest BCUT2D eigenvalue weighted by Crippen LogP contribution is -2.48. The molecule has 164 valence electrons. The smallest absolute Gasteiger partial charge is 0.289 e. The SMILES string of the molecule is O=C(Nc1ccc(N2CCN(C(=O)c3ccco3)CC2)cc1)c1cc([N+](=O)[O-])ccc1Cl. The van der Waals surface area contributed by atoms with E-state index in [9.17, 15) is 19.7 Å². The highest BCUT2D eigenvalue weighted by Gasteiger charge is 2.24.